The summed E-state index contributed by atoms with van der Waals surface area (Å²) in [6.07, 6.45) is 2.93. The molecule has 0 saturated heterocycles. The number of aryl methyl sites for hydroxylation is 1. The lowest BCUT2D eigenvalue weighted by atomic mass is 10.0. The molecule has 104 valence electrons. The summed E-state index contributed by atoms with van der Waals surface area (Å²) < 4.78 is 1.74. The molecule has 3 heteroatoms. The van der Waals surface area contributed by atoms with E-state index < -0.39 is 0 Å². The van der Waals surface area contributed by atoms with E-state index in [2.05, 4.69) is 43.2 Å². The van der Waals surface area contributed by atoms with E-state index in [1.807, 2.05) is 27.1 Å². The first-order valence-electron chi connectivity index (χ1n) is 6.84. The maximum absolute atomic E-state index is 6.12. The van der Waals surface area contributed by atoms with E-state index in [1.165, 1.54) is 5.56 Å². The van der Waals surface area contributed by atoms with Gasteiger partial charge in [-0.25, -0.2) is 0 Å². The molecule has 1 aromatic heterocycles. The SMILES string of the molecule is CC.CC(C)Cc1ccc(-c2nn(C)cc2Cl)cc1. The lowest BCUT2D eigenvalue weighted by molar-refractivity contribution is 0.647. The van der Waals surface area contributed by atoms with Crippen molar-refractivity contribution in [1.29, 1.82) is 0 Å². The van der Waals surface area contributed by atoms with Crippen LogP contribution in [-0.4, -0.2) is 9.78 Å². The topological polar surface area (TPSA) is 17.8 Å². The lowest BCUT2D eigenvalue weighted by Crippen LogP contribution is -1.93. The predicted molar refractivity (Wildman–Crippen MR) is 83.5 cm³/mol. The van der Waals surface area contributed by atoms with Gasteiger partial charge in [0.05, 0.1) is 5.02 Å². The van der Waals surface area contributed by atoms with Crippen LogP contribution < -0.4 is 0 Å². The standard InChI is InChI=1S/C14H17ClN2.C2H6/c1-10(2)8-11-4-6-12(7-5-11)14-13(15)9-17(3)16-14;1-2/h4-7,9-10H,8H2,1-3H3;1-2H3. The van der Waals surface area contributed by atoms with E-state index in [9.17, 15) is 0 Å². The Labute approximate surface area is 121 Å². The van der Waals surface area contributed by atoms with Crippen molar-refractivity contribution >= 4 is 11.6 Å². The van der Waals surface area contributed by atoms with E-state index in [1.54, 1.807) is 4.68 Å². The van der Waals surface area contributed by atoms with Gasteiger partial charge in [0.15, 0.2) is 0 Å². The number of benzene rings is 1. The number of halogens is 1. The summed E-state index contributed by atoms with van der Waals surface area (Å²) in [5.74, 6) is 0.680. The van der Waals surface area contributed by atoms with Gasteiger partial charge >= 0.3 is 0 Å². The molecule has 0 spiro atoms. The summed E-state index contributed by atoms with van der Waals surface area (Å²) in [4.78, 5) is 0. The van der Waals surface area contributed by atoms with Gasteiger partial charge in [0.25, 0.3) is 0 Å². The van der Waals surface area contributed by atoms with Gasteiger partial charge in [-0.15, -0.1) is 0 Å². The van der Waals surface area contributed by atoms with Gasteiger partial charge < -0.3 is 0 Å². The minimum atomic E-state index is 0.680. The van der Waals surface area contributed by atoms with Crippen molar-refractivity contribution in [3.05, 3.63) is 41.0 Å². The van der Waals surface area contributed by atoms with Crippen LogP contribution >= 0.6 is 11.6 Å². The van der Waals surface area contributed by atoms with Crippen LogP contribution in [0.3, 0.4) is 0 Å². The lowest BCUT2D eigenvalue weighted by Gasteiger charge is -2.05. The highest BCUT2D eigenvalue weighted by Gasteiger charge is 2.08. The fraction of sp³-hybridized carbons (Fsp3) is 0.438. The van der Waals surface area contributed by atoms with Crippen LogP contribution in [0, 0.1) is 5.92 Å². The Kier molecular flexibility index (Phi) is 6.10. The molecule has 2 rings (SSSR count). The largest absolute Gasteiger partial charge is 0.274 e. The molecular weight excluding hydrogens is 256 g/mol. The third-order valence-corrected chi connectivity index (χ3v) is 2.93. The smallest absolute Gasteiger partial charge is 0.111 e. The Balaban J connectivity index is 0.000000861. The summed E-state index contributed by atoms with van der Waals surface area (Å²) in [5.41, 5.74) is 3.28. The molecule has 19 heavy (non-hydrogen) atoms. The highest BCUT2D eigenvalue weighted by atomic mass is 35.5. The monoisotopic (exact) mass is 278 g/mol. The Morgan fingerprint density at radius 2 is 1.74 bits per heavy atom. The highest BCUT2D eigenvalue weighted by molar-refractivity contribution is 6.32. The molecule has 0 amide bonds. The summed E-state index contributed by atoms with van der Waals surface area (Å²) in [6.45, 7) is 8.45. The van der Waals surface area contributed by atoms with Crippen molar-refractivity contribution in [3.63, 3.8) is 0 Å². The van der Waals surface area contributed by atoms with Gasteiger partial charge in [0, 0.05) is 18.8 Å². The fourth-order valence-corrected chi connectivity index (χ4v) is 2.21. The van der Waals surface area contributed by atoms with Gasteiger partial charge in [0.2, 0.25) is 0 Å². The normalized spacial score (nSPS) is 10.3. The van der Waals surface area contributed by atoms with Crippen LogP contribution in [0.15, 0.2) is 30.5 Å². The maximum Gasteiger partial charge on any atom is 0.111 e. The maximum atomic E-state index is 6.12. The molecule has 0 bridgehead atoms. The molecule has 0 radical (unpaired) electrons. The van der Waals surface area contributed by atoms with Gasteiger partial charge in [-0.1, -0.05) is 63.6 Å². The molecule has 1 heterocycles. The molecular formula is C16H23ClN2. The molecule has 0 N–H and O–H groups in total. The van der Waals surface area contributed by atoms with E-state index in [4.69, 9.17) is 11.6 Å². The van der Waals surface area contributed by atoms with Crippen molar-refractivity contribution in [2.45, 2.75) is 34.1 Å². The summed E-state index contributed by atoms with van der Waals surface area (Å²) >= 11 is 6.12. The van der Waals surface area contributed by atoms with E-state index in [0.29, 0.717) is 10.9 Å². The molecule has 2 aromatic rings. The molecule has 0 aliphatic carbocycles. The summed E-state index contributed by atoms with van der Waals surface area (Å²) in [7, 11) is 1.88. The number of hydrogen-bond donors (Lipinski definition) is 0. The zero-order valence-electron chi connectivity index (χ0n) is 12.4. The molecule has 2 nitrogen and oxygen atoms in total. The van der Waals surface area contributed by atoms with Crippen LogP contribution in [0.2, 0.25) is 5.02 Å². The van der Waals surface area contributed by atoms with Crippen molar-refractivity contribution in [2.75, 3.05) is 0 Å². The molecule has 0 saturated carbocycles. The van der Waals surface area contributed by atoms with Crippen LogP contribution in [-0.2, 0) is 13.5 Å². The average Bonchev–Trinajstić information content (AvgIpc) is 2.71. The third kappa shape index (κ3) is 4.39. The van der Waals surface area contributed by atoms with Gasteiger partial charge in [0.1, 0.15) is 5.69 Å². The Hall–Kier alpha value is -1.28. The molecule has 0 aliphatic rings. The highest BCUT2D eigenvalue weighted by Crippen LogP contribution is 2.26. The minimum Gasteiger partial charge on any atom is -0.274 e. The number of hydrogen-bond acceptors (Lipinski definition) is 1. The molecule has 0 atom stereocenters. The Morgan fingerprint density at radius 3 is 2.16 bits per heavy atom. The van der Waals surface area contributed by atoms with E-state index >= 15 is 0 Å². The first-order chi connectivity index (χ1) is 9.06. The minimum absolute atomic E-state index is 0.680. The van der Waals surface area contributed by atoms with E-state index in [0.717, 1.165) is 17.7 Å². The molecule has 1 aromatic carbocycles. The van der Waals surface area contributed by atoms with Gasteiger partial charge in [-0.3, -0.25) is 4.68 Å². The fourth-order valence-electron chi connectivity index (χ4n) is 1.93. The Morgan fingerprint density at radius 1 is 1.16 bits per heavy atom. The van der Waals surface area contributed by atoms with Crippen molar-refractivity contribution in [1.82, 2.24) is 9.78 Å². The molecule has 0 unspecified atom stereocenters. The first kappa shape index (κ1) is 15.8. The zero-order chi connectivity index (χ0) is 14.4. The Bertz CT molecular complexity index is 498. The number of rotatable bonds is 3. The number of nitrogens with zero attached hydrogens (tertiary/aromatic N) is 2. The average molecular weight is 279 g/mol. The molecule has 0 aliphatic heterocycles. The number of aromatic nitrogens is 2. The molecule has 0 fully saturated rings. The first-order valence-corrected chi connectivity index (χ1v) is 7.22. The second kappa shape index (κ2) is 7.34. The van der Waals surface area contributed by atoms with E-state index in [-0.39, 0.29) is 0 Å². The van der Waals surface area contributed by atoms with Crippen molar-refractivity contribution in [2.24, 2.45) is 13.0 Å². The third-order valence-electron chi connectivity index (χ3n) is 2.66. The van der Waals surface area contributed by atoms with Gasteiger partial charge in [-0.05, 0) is 17.9 Å². The quantitative estimate of drug-likeness (QED) is 0.775. The summed E-state index contributed by atoms with van der Waals surface area (Å²) in [5, 5.41) is 5.05. The second-order valence-electron chi connectivity index (χ2n) is 4.79. The predicted octanol–water partition coefficient (Wildman–Crippen LogP) is 4.97. The summed E-state index contributed by atoms with van der Waals surface area (Å²) in [6, 6.07) is 8.48. The van der Waals surface area contributed by atoms with Crippen LogP contribution in [0.4, 0.5) is 0 Å². The second-order valence-corrected chi connectivity index (χ2v) is 5.20. The van der Waals surface area contributed by atoms with Crippen LogP contribution in [0.25, 0.3) is 11.3 Å². The van der Waals surface area contributed by atoms with Crippen molar-refractivity contribution in [3.8, 4) is 11.3 Å². The van der Waals surface area contributed by atoms with Crippen LogP contribution in [0.1, 0.15) is 33.3 Å². The van der Waals surface area contributed by atoms with Gasteiger partial charge in [-0.2, -0.15) is 5.10 Å². The van der Waals surface area contributed by atoms with Crippen molar-refractivity contribution < 1.29 is 0 Å². The van der Waals surface area contributed by atoms with Crippen LogP contribution in [0.5, 0.6) is 0 Å². The zero-order valence-corrected chi connectivity index (χ0v) is 13.2.